The molecule has 0 aliphatic heterocycles. The summed E-state index contributed by atoms with van der Waals surface area (Å²) in [4.78, 5) is 15.7. The summed E-state index contributed by atoms with van der Waals surface area (Å²) in [5.74, 6) is -2.23. The highest BCUT2D eigenvalue weighted by Gasteiger charge is 2.17. The van der Waals surface area contributed by atoms with Gasteiger partial charge < -0.3 is 10.5 Å². The number of primary amides is 1. The van der Waals surface area contributed by atoms with E-state index >= 15 is 0 Å². The molecule has 0 saturated heterocycles. The SMILES string of the molecule is COc1ccc(F)c(F)c1-c1cccc(-n2cnc3cc(C(N)=O)ccc32)c1. The molecule has 2 N–H and O–H groups in total. The molecule has 5 nitrogen and oxygen atoms in total. The van der Waals surface area contributed by atoms with Crippen LogP contribution in [0, 0.1) is 11.6 Å². The zero-order chi connectivity index (χ0) is 19.8. The number of carbonyl (C=O) groups excluding carboxylic acids is 1. The van der Waals surface area contributed by atoms with Gasteiger partial charge in [0.1, 0.15) is 12.1 Å². The molecule has 0 bridgehead atoms. The van der Waals surface area contributed by atoms with Gasteiger partial charge in [-0.1, -0.05) is 12.1 Å². The summed E-state index contributed by atoms with van der Waals surface area (Å²) in [6.45, 7) is 0. The standard InChI is InChI=1S/C21H15F2N3O2/c1-28-18-8-6-15(22)20(23)19(18)12-3-2-4-14(9-12)26-11-25-16-10-13(21(24)27)5-7-17(16)26/h2-11H,1H3,(H2,24,27). The highest BCUT2D eigenvalue weighted by Crippen LogP contribution is 2.35. The maximum atomic E-state index is 14.5. The summed E-state index contributed by atoms with van der Waals surface area (Å²) >= 11 is 0. The summed E-state index contributed by atoms with van der Waals surface area (Å²) in [5, 5.41) is 0. The first kappa shape index (κ1) is 17.7. The molecular formula is C21H15F2N3O2. The minimum Gasteiger partial charge on any atom is -0.496 e. The Kier molecular flexibility index (Phi) is 4.27. The number of aromatic nitrogens is 2. The molecule has 28 heavy (non-hydrogen) atoms. The number of hydrogen-bond acceptors (Lipinski definition) is 3. The van der Waals surface area contributed by atoms with Gasteiger partial charge in [0.2, 0.25) is 5.91 Å². The van der Waals surface area contributed by atoms with Crippen molar-refractivity contribution < 1.29 is 18.3 Å². The number of carbonyl (C=O) groups is 1. The first-order valence-corrected chi connectivity index (χ1v) is 8.39. The van der Waals surface area contributed by atoms with Crippen LogP contribution < -0.4 is 10.5 Å². The third kappa shape index (κ3) is 2.87. The highest BCUT2D eigenvalue weighted by molar-refractivity contribution is 5.96. The number of nitrogens with two attached hydrogens (primary N) is 1. The van der Waals surface area contributed by atoms with Gasteiger partial charge in [-0.15, -0.1) is 0 Å². The lowest BCUT2D eigenvalue weighted by Gasteiger charge is -2.12. The minimum absolute atomic E-state index is 0.0461. The van der Waals surface area contributed by atoms with E-state index < -0.39 is 17.5 Å². The Bertz CT molecular complexity index is 1220. The van der Waals surface area contributed by atoms with E-state index in [9.17, 15) is 13.6 Å². The number of fused-ring (bicyclic) bond motifs is 1. The summed E-state index contributed by atoms with van der Waals surface area (Å²) in [6.07, 6.45) is 1.59. The third-order valence-electron chi connectivity index (χ3n) is 4.52. The van der Waals surface area contributed by atoms with Crippen LogP contribution in [0.1, 0.15) is 10.4 Å². The highest BCUT2D eigenvalue weighted by atomic mass is 19.2. The number of nitrogens with zero attached hydrogens (tertiary/aromatic N) is 2. The molecule has 1 amide bonds. The number of hydrogen-bond donors (Lipinski definition) is 1. The number of benzene rings is 3. The van der Waals surface area contributed by atoms with E-state index in [1.807, 2.05) is 6.07 Å². The van der Waals surface area contributed by atoms with Crippen molar-refractivity contribution >= 4 is 16.9 Å². The average Bonchev–Trinajstić information content (AvgIpc) is 3.13. The van der Waals surface area contributed by atoms with Crippen LogP contribution in [-0.2, 0) is 0 Å². The fraction of sp³-hybridized carbons (Fsp3) is 0.0476. The van der Waals surface area contributed by atoms with E-state index in [4.69, 9.17) is 10.5 Å². The van der Waals surface area contributed by atoms with Gasteiger partial charge in [0.25, 0.3) is 0 Å². The summed E-state index contributed by atoms with van der Waals surface area (Å²) in [7, 11) is 1.40. The Morgan fingerprint density at radius 1 is 1.11 bits per heavy atom. The minimum atomic E-state index is -0.974. The lowest BCUT2D eigenvalue weighted by molar-refractivity contribution is 0.100. The van der Waals surface area contributed by atoms with Gasteiger partial charge in [-0.05, 0) is 48.0 Å². The molecule has 4 rings (SSSR count). The van der Waals surface area contributed by atoms with Crippen molar-refractivity contribution in [1.82, 2.24) is 9.55 Å². The van der Waals surface area contributed by atoms with E-state index in [-0.39, 0.29) is 11.3 Å². The predicted octanol–water partition coefficient (Wildman–Crippen LogP) is 4.08. The number of imidazole rings is 1. The Balaban J connectivity index is 1.86. The van der Waals surface area contributed by atoms with Gasteiger partial charge >= 0.3 is 0 Å². The van der Waals surface area contributed by atoms with Crippen LogP contribution in [0.2, 0.25) is 0 Å². The van der Waals surface area contributed by atoms with Crippen LogP contribution in [0.4, 0.5) is 8.78 Å². The van der Waals surface area contributed by atoms with Gasteiger partial charge in [0, 0.05) is 11.3 Å². The molecule has 0 fully saturated rings. The molecule has 140 valence electrons. The Morgan fingerprint density at radius 3 is 2.68 bits per heavy atom. The molecule has 4 aromatic rings. The van der Waals surface area contributed by atoms with Crippen molar-refractivity contribution in [3.05, 3.63) is 78.1 Å². The zero-order valence-corrected chi connectivity index (χ0v) is 14.8. The van der Waals surface area contributed by atoms with Crippen molar-refractivity contribution in [2.75, 3.05) is 7.11 Å². The van der Waals surface area contributed by atoms with Crippen LogP contribution in [0.5, 0.6) is 5.75 Å². The lowest BCUT2D eigenvalue weighted by atomic mass is 10.0. The van der Waals surface area contributed by atoms with E-state index in [0.717, 1.165) is 11.6 Å². The molecule has 7 heteroatoms. The third-order valence-corrected chi connectivity index (χ3v) is 4.52. The number of halogens is 2. The predicted molar refractivity (Wildman–Crippen MR) is 101 cm³/mol. The molecule has 0 saturated carbocycles. The van der Waals surface area contributed by atoms with Crippen molar-refractivity contribution in [2.45, 2.75) is 0 Å². The maximum Gasteiger partial charge on any atom is 0.248 e. The second-order valence-electron chi connectivity index (χ2n) is 6.17. The van der Waals surface area contributed by atoms with Gasteiger partial charge in [0.15, 0.2) is 11.6 Å². The number of rotatable bonds is 4. The lowest BCUT2D eigenvalue weighted by Crippen LogP contribution is -2.10. The Hall–Kier alpha value is -3.74. The largest absolute Gasteiger partial charge is 0.496 e. The van der Waals surface area contributed by atoms with Gasteiger partial charge in [-0.3, -0.25) is 9.36 Å². The topological polar surface area (TPSA) is 70.1 Å². The first-order valence-electron chi connectivity index (χ1n) is 8.39. The van der Waals surface area contributed by atoms with Crippen LogP contribution in [0.15, 0.2) is 60.9 Å². The Morgan fingerprint density at radius 2 is 1.93 bits per heavy atom. The fourth-order valence-electron chi connectivity index (χ4n) is 3.15. The van der Waals surface area contributed by atoms with Crippen LogP contribution in [0.3, 0.4) is 0 Å². The van der Waals surface area contributed by atoms with Crippen LogP contribution in [-0.4, -0.2) is 22.6 Å². The molecule has 0 radical (unpaired) electrons. The van der Waals surface area contributed by atoms with Crippen molar-refractivity contribution in [3.8, 4) is 22.6 Å². The van der Waals surface area contributed by atoms with E-state index in [1.54, 1.807) is 47.3 Å². The summed E-state index contributed by atoms with van der Waals surface area (Å²) in [6, 6.07) is 14.3. The monoisotopic (exact) mass is 379 g/mol. The summed E-state index contributed by atoms with van der Waals surface area (Å²) < 4.78 is 35.2. The number of methoxy groups -OCH3 is 1. The number of amides is 1. The molecule has 3 aromatic carbocycles. The van der Waals surface area contributed by atoms with E-state index in [2.05, 4.69) is 4.98 Å². The average molecular weight is 379 g/mol. The van der Waals surface area contributed by atoms with Crippen molar-refractivity contribution in [3.63, 3.8) is 0 Å². The second kappa shape index (κ2) is 6.77. The molecule has 1 heterocycles. The molecule has 0 spiro atoms. The van der Waals surface area contributed by atoms with Gasteiger partial charge in [-0.25, -0.2) is 13.8 Å². The molecule has 0 atom stereocenters. The number of ether oxygens (including phenoxy) is 1. The fourth-order valence-corrected chi connectivity index (χ4v) is 3.15. The normalized spacial score (nSPS) is 11.0. The van der Waals surface area contributed by atoms with Gasteiger partial charge in [-0.2, -0.15) is 0 Å². The molecular weight excluding hydrogens is 364 g/mol. The van der Waals surface area contributed by atoms with Crippen molar-refractivity contribution in [1.29, 1.82) is 0 Å². The smallest absolute Gasteiger partial charge is 0.248 e. The maximum absolute atomic E-state index is 14.5. The molecule has 0 aliphatic rings. The Labute approximate surface area is 159 Å². The van der Waals surface area contributed by atoms with Gasteiger partial charge in [0.05, 0.1) is 23.7 Å². The van der Waals surface area contributed by atoms with Crippen molar-refractivity contribution in [2.24, 2.45) is 5.73 Å². The zero-order valence-electron chi connectivity index (χ0n) is 14.8. The quantitative estimate of drug-likeness (QED) is 0.581. The van der Waals surface area contributed by atoms with Crippen LogP contribution >= 0.6 is 0 Å². The van der Waals surface area contributed by atoms with Crippen LogP contribution in [0.25, 0.3) is 27.8 Å². The second-order valence-corrected chi connectivity index (χ2v) is 6.17. The molecule has 0 aliphatic carbocycles. The van der Waals surface area contributed by atoms with E-state index in [1.165, 1.54) is 13.2 Å². The summed E-state index contributed by atoms with van der Waals surface area (Å²) in [5.41, 5.74) is 8.20. The molecule has 0 unspecified atom stereocenters. The first-order chi connectivity index (χ1) is 13.5. The van der Waals surface area contributed by atoms with E-state index in [0.29, 0.717) is 22.3 Å². The molecule has 1 aromatic heterocycles.